The molecule has 74 valence electrons. The molecule has 0 radical (unpaired) electrons. The summed E-state index contributed by atoms with van der Waals surface area (Å²) in [6, 6.07) is 4.36. The van der Waals surface area contributed by atoms with Gasteiger partial charge in [-0.3, -0.25) is 0 Å². The van der Waals surface area contributed by atoms with E-state index in [0.717, 1.165) is 0 Å². The van der Waals surface area contributed by atoms with Gasteiger partial charge in [-0.2, -0.15) is 0 Å². The molecule has 0 bridgehead atoms. The monoisotopic (exact) mass is 216 g/mol. The highest BCUT2D eigenvalue weighted by atomic mass is 35.5. The molecule has 1 aromatic rings. The number of aryl methyl sites for hydroxylation is 1. The van der Waals surface area contributed by atoms with E-state index >= 15 is 0 Å². The van der Waals surface area contributed by atoms with Crippen LogP contribution in [-0.2, 0) is 0 Å². The molecule has 1 rings (SSSR count). The van der Waals surface area contributed by atoms with E-state index in [-0.39, 0.29) is 5.38 Å². The van der Waals surface area contributed by atoms with E-state index in [2.05, 4.69) is 39.8 Å². The van der Waals surface area contributed by atoms with Crippen molar-refractivity contribution in [2.45, 2.75) is 39.0 Å². The zero-order chi connectivity index (χ0) is 10.0. The Morgan fingerprint density at radius 1 is 1.23 bits per heavy atom. The zero-order valence-corrected chi connectivity index (χ0v) is 10.2. The third-order valence-corrected chi connectivity index (χ3v) is 4.41. The minimum absolute atomic E-state index is 0.248. The Morgan fingerprint density at radius 3 is 2.23 bits per heavy atom. The number of halogens is 1. The van der Waals surface area contributed by atoms with E-state index in [0.29, 0.717) is 11.8 Å². The summed E-state index contributed by atoms with van der Waals surface area (Å²) in [4.78, 5) is 2.78. The van der Waals surface area contributed by atoms with Crippen LogP contribution in [0.25, 0.3) is 0 Å². The molecule has 0 aromatic carbocycles. The van der Waals surface area contributed by atoms with E-state index in [1.165, 1.54) is 9.75 Å². The van der Waals surface area contributed by atoms with E-state index in [1.54, 1.807) is 0 Å². The van der Waals surface area contributed by atoms with Gasteiger partial charge < -0.3 is 0 Å². The second kappa shape index (κ2) is 4.47. The number of hydrogen-bond donors (Lipinski definition) is 0. The highest BCUT2D eigenvalue weighted by Gasteiger charge is 2.20. The van der Waals surface area contributed by atoms with Crippen molar-refractivity contribution in [2.24, 2.45) is 5.92 Å². The van der Waals surface area contributed by atoms with Crippen molar-refractivity contribution >= 4 is 22.9 Å². The molecule has 13 heavy (non-hydrogen) atoms. The van der Waals surface area contributed by atoms with E-state index in [9.17, 15) is 0 Å². The molecule has 1 heterocycles. The fourth-order valence-corrected chi connectivity index (χ4v) is 2.62. The Labute approximate surface area is 89.9 Å². The first-order valence-corrected chi connectivity index (χ1v) is 5.98. The van der Waals surface area contributed by atoms with Crippen molar-refractivity contribution < 1.29 is 0 Å². The lowest BCUT2D eigenvalue weighted by Crippen LogP contribution is -2.15. The highest BCUT2D eigenvalue weighted by molar-refractivity contribution is 7.12. The lowest BCUT2D eigenvalue weighted by Gasteiger charge is -2.19. The van der Waals surface area contributed by atoms with Gasteiger partial charge in [0.15, 0.2) is 0 Å². The van der Waals surface area contributed by atoms with Crippen LogP contribution >= 0.6 is 22.9 Å². The third kappa shape index (κ3) is 2.72. The average molecular weight is 217 g/mol. The molecule has 2 heteroatoms. The van der Waals surface area contributed by atoms with Gasteiger partial charge in [-0.15, -0.1) is 22.9 Å². The second-order valence-electron chi connectivity index (χ2n) is 3.93. The van der Waals surface area contributed by atoms with Crippen molar-refractivity contribution in [3.63, 3.8) is 0 Å². The maximum absolute atomic E-state index is 6.32. The smallest absolute Gasteiger partial charge is 0.0432 e. The summed E-state index contributed by atoms with van der Waals surface area (Å²) in [6.07, 6.45) is 0. The maximum atomic E-state index is 6.32. The van der Waals surface area contributed by atoms with Crippen LogP contribution < -0.4 is 0 Å². The largest absolute Gasteiger partial charge is 0.145 e. The first-order valence-electron chi connectivity index (χ1n) is 4.72. The first-order chi connectivity index (χ1) is 6.02. The Morgan fingerprint density at radius 2 is 1.85 bits per heavy atom. The SMILES string of the molecule is Cc1ccc(C(C)C(Cl)C(C)C)s1. The van der Waals surface area contributed by atoms with Gasteiger partial charge in [0.05, 0.1) is 0 Å². The quantitative estimate of drug-likeness (QED) is 0.656. The van der Waals surface area contributed by atoms with Gasteiger partial charge in [-0.05, 0) is 25.0 Å². The fourth-order valence-electron chi connectivity index (χ4n) is 1.43. The van der Waals surface area contributed by atoms with Crippen molar-refractivity contribution in [1.82, 2.24) is 0 Å². The lowest BCUT2D eigenvalue weighted by molar-refractivity contribution is 0.538. The maximum Gasteiger partial charge on any atom is 0.0432 e. The van der Waals surface area contributed by atoms with Crippen LogP contribution in [-0.4, -0.2) is 5.38 Å². The third-order valence-electron chi connectivity index (χ3n) is 2.32. The van der Waals surface area contributed by atoms with Crippen molar-refractivity contribution in [1.29, 1.82) is 0 Å². The van der Waals surface area contributed by atoms with Gasteiger partial charge >= 0.3 is 0 Å². The van der Waals surface area contributed by atoms with Crippen LogP contribution in [0.2, 0.25) is 0 Å². The molecule has 0 saturated carbocycles. The number of alkyl halides is 1. The van der Waals surface area contributed by atoms with E-state index in [4.69, 9.17) is 11.6 Å². The molecule has 0 aliphatic carbocycles. The predicted molar refractivity (Wildman–Crippen MR) is 62.0 cm³/mol. The number of hydrogen-bond acceptors (Lipinski definition) is 1. The van der Waals surface area contributed by atoms with Crippen LogP contribution in [0.3, 0.4) is 0 Å². The Balaban J connectivity index is 2.73. The summed E-state index contributed by atoms with van der Waals surface area (Å²) in [6.45, 7) is 8.70. The van der Waals surface area contributed by atoms with Crippen LogP contribution in [0.4, 0.5) is 0 Å². The van der Waals surface area contributed by atoms with Crippen LogP contribution in [0.15, 0.2) is 12.1 Å². The lowest BCUT2D eigenvalue weighted by atomic mass is 9.97. The van der Waals surface area contributed by atoms with Crippen molar-refractivity contribution in [3.8, 4) is 0 Å². The minimum atomic E-state index is 0.248. The Kier molecular flexibility index (Phi) is 3.81. The fraction of sp³-hybridized carbons (Fsp3) is 0.636. The zero-order valence-electron chi connectivity index (χ0n) is 8.67. The second-order valence-corrected chi connectivity index (χ2v) is 5.75. The molecule has 2 atom stereocenters. The van der Waals surface area contributed by atoms with Crippen LogP contribution in [0.5, 0.6) is 0 Å². The molecule has 0 N–H and O–H groups in total. The summed E-state index contributed by atoms with van der Waals surface area (Å²) in [7, 11) is 0. The van der Waals surface area contributed by atoms with E-state index in [1.807, 2.05) is 11.3 Å². The molecule has 0 aliphatic heterocycles. The van der Waals surface area contributed by atoms with Gasteiger partial charge in [0.25, 0.3) is 0 Å². The molecule has 2 unspecified atom stereocenters. The predicted octanol–water partition coefficient (Wildman–Crippen LogP) is 4.42. The van der Waals surface area contributed by atoms with Crippen LogP contribution in [0, 0.1) is 12.8 Å². The summed E-state index contributed by atoms with van der Waals surface area (Å²) in [5.41, 5.74) is 0. The molecule has 0 nitrogen and oxygen atoms in total. The van der Waals surface area contributed by atoms with Crippen LogP contribution in [0.1, 0.15) is 36.4 Å². The molecule has 0 fully saturated rings. The molecular weight excluding hydrogens is 200 g/mol. The molecule has 0 amide bonds. The normalized spacial score (nSPS) is 16.2. The van der Waals surface area contributed by atoms with Gasteiger partial charge in [0.1, 0.15) is 0 Å². The first kappa shape index (κ1) is 11.1. The molecular formula is C11H17ClS. The van der Waals surface area contributed by atoms with Gasteiger partial charge in [0.2, 0.25) is 0 Å². The van der Waals surface area contributed by atoms with Gasteiger partial charge in [-0.25, -0.2) is 0 Å². The average Bonchev–Trinajstić information content (AvgIpc) is 2.49. The Hall–Kier alpha value is -0.0100. The highest BCUT2D eigenvalue weighted by Crippen LogP contribution is 2.32. The topological polar surface area (TPSA) is 0 Å². The molecule has 0 saturated heterocycles. The molecule has 0 spiro atoms. The standard InChI is InChI=1S/C11H17ClS/c1-7(2)11(12)9(4)10-6-5-8(3)13-10/h5-7,9,11H,1-4H3. The van der Waals surface area contributed by atoms with Gasteiger partial charge in [0, 0.05) is 21.0 Å². The van der Waals surface area contributed by atoms with Crippen molar-refractivity contribution in [2.75, 3.05) is 0 Å². The number of rotatable bonds is 3. The van der Waals surface area contributed by atoms with E-state index < -0.39 is 0 Å². The Bertz CT molecular complexity index is 265. The molecule has 0 aliphatic rings. The minimum Gasteiger partial charge on any atom is -0.145 e. The molecule has 1 aromatic heterocycles. The summed E-state index contributed by atoms with van der Waals surface area (Å²) in [5, 5.41) is 0.248. The summed E-state index contributed by atoms with van der Waals surface area (Å²) < 4.78 is 0. The summed E-state index contributed by atoms with van der Waals surface area (Å²) in [5.74, 6) is 1.01. The number of thiophene rings is 1. The van der Waals surface area contributed by atoms with Gasteiger partial charge in [-0.1, -0.05) is 20.8 Å². The summed E-state index contributed by atoms with van der Waals surface area (Å²) >= 11 is 8.17. The van der Waals surface area contributed by atoms with Crippen molar-refractivity contribution in [3.05, 3.63) is 21.9 Å².